The minimum atomic E-state index is -3.82. The van der Waals surface area contributed by atoms with Gasteiger partial charge in [-0.2, -0.15) is 10.5 Å². The maximum Gasteiger partial charge on any atom is 0.184 e. The van der Waals surface area contributed by atoms with Gasteiger partial charge in [-0.15, -0.1) is 0 Å². The molecule has 0 spiro atoms. The van der Waals surface area contributed by atoms with Gasteiger partial charge in [0.25, 0.3) is 0 Å². The molecule has 4 nitrogen and oxygen atoms in total. The highest BCUT2D eigenvalue weighted by atomic mass is 35.5. The van der Waals surface area contributed by atoms with Crippen LogP contribution in [-0.2, 0) is 9.84 Å². The third-order valence-corrected chi connectivity index (χ3v) is 6.63. The lowest BCUT2D eigenvalue weighted by Gasteiger charge is -2.04. The number of nitrogens with zero attached hydrogens (tertiary/aromatic N) is 2. The normalized spacial score (nSPS) is 21.9. The molecule has 0 aromatic heterocycles. The Morgan fingerprint density at radius 1 is 0.957 bits per heavy atom. The van der Waals surface area contributed by atoms with Crippen LogP contribution >= 0.6 is 11.6 Å². The van der Waals surface area contributed by atoms with E-state index in [1.54, 1.807) is 30.3 Å². The molecule has 0 amide bonds. The summed E-state index contributed by atoms with van der Waals surface area (Å²) < 4.78 is 25.8. The van der Waals surface area contributed by atoms with Gasteiger partial charge < -0.3 is 0 Å². The average molecular weight is 343 g/mol. The summed E-state index contributed by atoms with van der Waals surface area (Å²) in [5.74, 6) is -0.653. The van der Waals surface area contributed by atoms with Crippen LogP contribution in [0.5, 0.6) is 0 Å². The van der Waals surface area contributed by atoms with Crippen molar-refractivity contribution in [2.45, 2.75) is 16.1 Å². The lowest BCUT2D eigenvalue weighted by atomic mass is 10.0. The fraction of sp³-hybridized carbons (Fsp3) is 0.176. The second kappa shape index (κ2) is 5.38. The molecule has 114 valence electrons. The van der Waals surface area contributed by atoms with E-state index in [1.165, 1.54) is 24.3 Å². The van der Waals surface area contributed by atoms with Crippen molar-refractivity contribution < 1.29 is 8.42 Å². The van der Waals surface area contributed by atoms with E-state index < -0.39 is 26.4 Å². The zero-order valence-corrected chi connectivity index (χ0v) is 13.4. The molecule has 2 unspecified atom stereocenters. The highest BCUT2D eigenvalue weighted by Crippen LogP contribution is 2.63. The summed E-state index contributed by atoms with van der Waals surface area (Å²) in [5.41, 5.74) is -0.877. The quantitative estimate of drug-likeness (QED) is 0.856. The van der Waals surface area contributed by atoms with Crippen LogP contribution in [0.3, 0.4) is 0 Å². The van der Waals surface area contributed by atoms with Crippen LogP contribution in [0.25, 0.3) is 0 Å². The first-order valence-electron chi connectivity index (χ1n) is 6.84. The summed E-state index contributed by atoms with van der Waals surface area (Å²) in [4.78, 5) is 0.0696. The van der Waals surface area contributed by atoms with Crippen LogP contribution < -0.4 is 0 Å². The number of nitriles is 2. The summed E-state index contributed by atoms with van der Waals surface area (Å²) in [6, 6.07) is 18.4. The van der Waals surface area contributed by atoms with Crippen molar-refractivity contribution in [1.29, 1.82) is 10.5 Å². The number of hydrogen-bond acceptors (Lipinski definition) is 4. The molecule has 0 radical (unpaired) electrons. The zero-order chi connectivity index (χ0) is 16.7. The van der Waals surface area contributed by atoms with Crippen LogP contribution in [0.4, 0.5) is 0 Å². The van der Waals surface area contributed by atoms with Crippen LogP contribution in [0, 0.1) is 28.1 Å². The van der Waals surface area contributed by atoms with E-state index in [0.29, 0.717) is 10.6 Å². The first kappa shape index (κ1) is 15.6. The van der Waals surface area contributed by atoms with E-state index >= 15 is 0 Å². The second-order valence-corrected chi connectivity index (χ2v) is 7.91. The summed E-state index contributed by atoms with van der Waals surface area (Å²) in [6.45, 7) is 0. The summed E-state index contributed by atoms with van der Waals surface area (Å²) in [5, 5.41) is 18.3. The largest absolute Gasteiger partial charge is 0.223 e. The maximum absolute atomic E-state index is 12.9. The van der Waals surface area contributed by atoms with Gasteiger partial charge >= 0.3 is 0 Å². The van der Waals surface area contributed by atoms with Crippen LogP contribution in [0.2, 0.25) is 5.02 Å². The van der Waals surface area contributed by atoms with Crippen molar-refractivity contribution in [2.75, 3.05) is 0 Å². The Morgan fingerprint density at radius 2 is 1.52 bits per heavy atom. The van der Waals surface area contributed by atoms with E-state index in [9.17, 15) is 18.9 Å². The fourth-order valence-electron chi connectivity index (χ4n) is 2.94. The highest BCUT2D eigenvalue weighted by molar-refractivity contribution is 7.92. The molecule has 6 heteroatoms. The molecule has 2 aromatic carbocycles. The number of hydrogen-bond donors (Lipinski definition) is 0. The lowest BCUT2D eigenvalue weighted by Crippen LogP contribution is -2.14. The number of halogens is 1. The molecule has 0 saturated heterocycles. The van der Waals surface area contributed by atoms with Gasteiger partial charge in [-0.3, -0.25) is 0 Å². The molecule has 23 heavy (non-hydrogen) atoms. The molecule has 0 bridgehead atoms. The Morgan fingerprint density at radius 3 is 2.04 bits per heavy atom. The van der Waals surface area contributed by atoms with E-state index in [1.807, 2.05) is 12.1 Å². The van der Waals surface area contributed by atoms with E-state index in [-0.39, 0.29) is 4.90 Å². The molecule has 1 aliphatic rings. The van der Waals surface area contributed by atoms with Crippen molar-refractivity contribution in [3.05, 3.63) is 65.2 Å². The van der Waals surface area contributed by atoms with Gasteiger partial charge in [-0.25, -0.2) is 8.42 Å². The van der Waals surface area contributed by atoms with Crippen LogP contribution in [0.15, 0.2) is 59.5 Å². The SMILES string of the molecule is N#CC1(C#N)C(c2ccccc2)C1S(=O)(=O)c1ccc(Cl)cc1. The van der Waals surface area contributed by atoms with Gasteiger partial charge in [0.2, 0.25) is 0 Å². The Balaban J connectivity index is 2.10. The fourth-order valence-corrected chi connectivity index (χ4v) is 5.27. The van der Waals surface area contributed by atoms with Crippen molar-refractivity contribution in [2.24, 2.45) is 5.41 Å². The Hall–Kier alpha value is -2.34. The molecule has 1 saturated carbocycles. The molecular formula is C17H11ClN2O2S. The summed E-state index contributed by atoms with van der Waals surface area (Å²) in [6.07, 6.45) is 0. The van der Waals surface area contributed by atoms with Crippen molar-refractivity contribution in [3.8, 4) is 12.1 Å². The van der Waals surface area contributed by atoms with Gasteiger partial charge in [0.05, 0.1) is 17.0 Å². The van der Waals surface area contributed by atoms with Gasteiger partial charge in [-0.05, 0) is 29.8 Å². The van der Waals surface area contributed by atoms with Crippen molar-refractivity contribution in [1.82, 2.24) is 0 Å². The predicted octanol–water partition coefficient (Wildman–Crippen LogP) is 3.31. The zero-order valence-electron chi connectivity index (χ0n) is 11.8. The molecule has 2 atom stereocenters. The maximum atomic E-state index is 12.9. The second-order valence-electron chi connectivity index (χ2n) is 5.40. The number of sulfone groups is 1. The van der Waals surface area contributed by atoms with Gasteiger partial charge in [0.15, 0.2) is 15.3 Å². The minimum absolute atomic E-state index is 0.0696. The Bertz CT molecular complexity index is 911. The molecule has 3 rings (SSSR count). The van der Waals surface area contributed by atoms with E-state index in [0.717, 1.165) is 0 Å². The molecule has 2 aromatic rings. The van der Waals surface area contributed by atoms with Crippen LogP contribution in [0.1, 0.15) is 11.5 Å². The van der Waals surface area contributed by atoms with Crippen LogP contribution in [-0.4, -0.2) is 13.7 Å². The Kier molecular flexibility index (Phi) is 3.64. The van der Waals surface area contributed by atoms with Crippen molar-refractivity contribution >= 4 is 21.4 Å². The van der Waals surface area contributed by atoms with Gasteiger partial charge in [0, 0.05) is 10.9 Å². The predicted molar refractivity (Wildman–Crippen MR) is 85.3 cm³/mol. The number of benzene rings is 2. The van der Waals surface area contributed by atoms with Gasteiger partial charge in [0.1, 0.15) is 5.25 Å². The van der Waals surface area contributed by atoms with Crippen molar-refractivity contribution in [3.63, 3.8) is 0 Å². The van der Waals surface area contributed by atoms with Gasteiger partial charge in [-0.1, -0.05) is 41.9 Å². The molecule has 0 N–H and O–H groups in total. The highest BCUT2D eigenvalue weighted by Gasteiger charge is 2.73. The summed E-state index contributed by atoms with van der Waals surface area (Å²) in [7, 11) is -3.82. The molecule has 1 fully saturated rings. The molecule has 1 aliphatic carbocycles. The third-order valence-electron chi connectivity index (χ3n) is 4.14. The average Bonchev–Trinajstić information content (AvgIpc) is 3.27. The monoisotopic (exact) mass is 342 g/mol. The standard InChI is InChI=1S/C17H11ClN2O2S/c18-13-6-8-14(9-7-13)23(21,22)16-15(17(16,10-19)11-20)12-4-2-1-3-5-12/h1-9,15-16H. The lowest BCUT2D eigenvalue weighted by molar-refractivity contribution is 0.591. The first-order chi connectivity index (χ1) is 11.0. The smallest absolute Gasteiger partial charge is 0.184 e. The molecule has 0 aliphatic heterocycles. The van der Waals surface area contributed by atoms with E-state index in [4.69, 9.17) is 11.6 Å². The molecule has 0 heterocycles. The molecular weight excluding hydrogens is 332 g/mol. The van der Waals surface area contributed by atoms with E-state index in [2.05, 4.69) is 0 Å². The minimum Gasteiger partial charge on any atom is -0.223 e. The first-order valence-corrected chi connectivity index (χ1v) is 8.77. The third kappa shape index (κ3) is 2.30. The Labute approximate surface area is 139 Å². The topological polar surface area (TPSA) is 81.7 Å². The summed E-state index contributed by atoms with van der Waals surface area (Å²) >= 11 is 5.79. The number of rotatable bonds is 3.